The van der Waals surface area contributed by atoms with Gasteiger partial charge in [-0.3, -0.25) is 0 Å². The van der Waals surface area contributed by atoms with Crippen LogP contribution in [0.15, 0.2) is 42.5 Å². The predicted molar refractivity (Wildman–Crippen MR) is 83.9 cm³/mol. The summed E-state index contributed by atoms with van der Waals surface area (Å²) in [5.41, 5.74) is 11.9. The molecular weight excluding hydrogens is 246 g/mol. The summed E-state index contributed by atoms with van der Waals surface area (Å²) in [6.07, 6.45) is 0. The second kappa shape index (κ2) is 4.67. The van der Waals surface area contributed by atoms with Crippen molar-refractivity contribution in [3.63, 3.8) is 0 Å². The first-order valence-electron chi connectivity index (χ1n) is 6.87. The molecule has 1 unspecified atom stereocenters. The van der Waals surface area contributed by atoms with Gasteiger partial charge in [0.15, 0.2) is 0 Å². The van der Waals surface area contributed by atoms with Crippen molar-refractivity contribution < 1.29 is 0 Å². The van der Waals surface area contributed by atoms with E-state index < -0.39 is 0 Å². The van der Waals surface area contributed by atoms with Gasteiger partial charge in [0.25, 0.3) is 0 Å². The molecule has 0 radical (unpaired) electrons. The van der Waals surface area contributed by atoms with E-state index in [2.05, 4.69) is 72.8 Å². The van der Waals surface area contributed by atoms with E-state index in [1.54, 1.807) is 0 Å². The lowest BCUT2D eigenvalue weighted by atomic mass is 10.1. The highest BCUT2D eigenvalue weighted by Crippen LogP contribution is 2.28. The number of nitrogen functional groups attached to an aromatic ring is 1. The summed E-state index contributed by atoms with van der Waals surface area (Å²) in [4.78, 5) is 4.52. The molecule has 102 valence electrons. The molecule has 0 amide bonds. The van der Waals surface area contributed by atoms with E-state index in [9.17, 15) is 0 Å². The highest BCUT2D eigenvalue weighted by molar-refractivity contribution is 5.81. The van der Waals surface area contributed by atoms with Crippen molar-refractivity contribution in [1.29, 1.82) is 0 Å². The Morgan fingerprint density at radius 1 is 1.05 bits per heavy atom. The molecule has 1 heterocycles. The van der Waals surface area contributed by atoms with Crippen LogP contribution in [0.1, 0.15) is 29.7 Å². The predicted octanol–water partition coefficient (Wildman–Crippen LogP) is 3.84. The van der Waals surface area contributed by atoms with E-state index in [1.807, 2.05) is 0 Å². The van der Waals surface area contributed by atoms with E-state index in [1.165, 1.54) is 11.1 Å². The van der Waals surface area contributed by atoms with Crippen molar-refractivity contribution in [2.45, 2.75) is 26.8 Å². The molecule has 0 bridgehead atoms. The van der Waals surface area contributed by atoms with Crippen LogP contribution in [0.25, 0.3) is 11.0 Å². The minimum absolute atomic E-state index is 0.169. The van der Waals surface area contributed by atoms with Crippen molar-refractivity contribution in [3.8, 4) is 0 Å². The first kappa shape index (κ1) is 12.7. The van der Waals surface area contributed by atoms with Gasteiger partial charge < -0.3 is 10.3 Å². The smallest absolute Gasteiger partial charge is 0.201 e. The van der Waals surface area contributed by atoms with Crippen LogP contribution in [0.3, 0.4) is 0 Å². The first-order valence-corrected chi connectivity index (χ1v) is 6.87. The lowest BCUT2D eigenvalue weighted by Crippen LogP contribution is -2.10. The SMILES string of the molecule is Cc1ccc(C(C)n2c(N)nc3c(C)cccc32)cc1. The van der Waals surface area contributed by atoms with Gasteiger partial charge in [0.05, 0.1) is 17.1 Å². The lowest BCUT2D eigenvalue weighted by Gasteiger charge is -2.16. The molecule has 2 N–H and O–H groups in total. The van der Waals surface area contributed by atoms with Crippen molar-refractivity contribution in [2.24, 2.45) is 0 Å². The summed E-state index contributed by atoms with van der Waals surface area (Å²) in [5, 5.41) is 0. The van der Waals surface area contributed by atoms with Crippen molar-refractivity contribution in [1.82, 2.24) is 9.55 Å². The van der Waals surface area contributed by atoms with Crippen LogP contribution in [0.2, 0.25) is 0 Å². The van der Waals surface area contributed by atoms with Gasteiger partial charge in [-0.05, 0) is 38.0 Å². The zero-order valence-corrected chi connectivity index (χ0v) is 12.1. The maximum atomic E-state index is 6.14. The van der Waals surface area contributed by atoms with Crippen LogP contribution >= 0.6 is 0 Å². The zero-order valence-electron chi connectivity index (χ0n) is 12.1. The van der Waals surface area contributed by atoms with E-state index in [0.717, 1.165) is 16.6 Å². The van der Waals surface area contributed by atoms with Gasteiger partial charge in [-0.25, -0.2) is 4.98 Å². The highest BCUT2D eigenvalue weighted by Gasteiger charge is 2.16. The molecule has 1 aromatic heterocycles. The van der Waals surface area contributed by atoms with E-state index in [0.29, 0.717) is 5.95 Å². The number of nitrogens with zero attached hydrogens (tertiary/aromatic N) is 2. The average Bonchev–Trinajstić information content (AvgIpc) is 2.77. The third-order valence-electron chi connectivity index (χ3n) is 3.90. The summed E-state index contributed by atoms with van der Waals surface area (Å²) >= 11 is 0. The normalized spacial score (nSPS) is 12.8. The second-order valence-electron chi connectivity index (χ2n) is 5.37. The van der Waals surface area contributed by atoms with E-state index in [-0.39, 0.29) is 6.04 Å². The topological polar surface area (TPSA) is 43.8 Å². The number of benzene rings is 2. The molecule has 1 atom stereocenters. The summed E-state index contributed by atoms with van der Waals surface area (Å²) in [6, 6.07) is 14.9. The van der Waals surface area contributed by atoms with Gasteiger partial charge in [0, 0.05) is 0 Å². The molecule has 0 spiro atoms. The van der Waals surface area contributed by atoms with Gasteiger partial charge in [0.1, 0.15) is 0 Å². The van der Waals surface area contributed by atoms with Gasteiger partial charge in [0.2, 0.25) is 5.95 Å². The molecule has 3 heteroatoms. The summed E-state index contributed by atoms with van der Waals surface area (Å²) in [6.45, 7) is 6.32. The summed E-state index contributed by atoms with van der Waals surface area (Å²) in [7, 11) is 0. The van der Waals surface area contributed by atoms with Crippen LogP contribution in [0, 0.1) is 13.8 Å². The Kier molecular flexibility index (Phi) is 2.97. The number of rotatable bonds is 2. The number of hydrogen-bond donors (Lipinski definition) is 1. The molecule has 2 aromatic carbocycles. The van der Waals surface area contributed by atoms with Crippen LogP contribution < -0.4 is 5.73 Å². The number of hydrogen-bond acceptors (Lipinski definition) is 2. The van der Waals surface area contributed by atoms with Crippen LogP contribution in [-0.2, 0) is 0 Å². The molecule has 0 saturated carbocycles. The van der Waals surface area contributed by atoms with Crippen LogP contribution in [-0.4, -0.2) is 9.55 Å². The van der Waals surface area contributed by atoms with Crippen molar-refractivity contribution in [2.75, 3.05) is 5.73 Å². The Morgan fingerprint density at radius 2 is 1.75 bits per heavy atom. The Hall–Kier alpha value is -2.29. The van der Waals surface area contributed by atoms with Gasteiger partial charge in [-0.2, -0.15) is 0 Å². The molecule has 3 aromatic rings. The molecule has 0 aliphatic heterocycles. The minimum Gasteiger partial charge on any atom is -0.369 e. The van der Waals surface area contributed by atoms with Gasteiger partial charge in [-0.15, -0.1) is 0 Å². The Balaban J connectivity index is 2.16. The fraction of sp³-hybridized carbons (Fsp3) is 0.235. The van der Waals surface area contributed by atoms with Crippen molar-refractivity contribution >= 4 is 17.0 Å². The summed E-state index contributed by atoms with van der Waals surface area (Å²) in [5.74, 6) is 0.572. The quantitative estimate of drug-likeness (QED) is 0.765. The largest absolute Gasteiger partial charge is 0.369 e. The number of imidazole rings is 1. The fourth-order valence-electron chi connectivity index (χ4n) is 2.68. The van der Waals surface area contributed by atoms with Gasteiger partial charge >= 0.3 is 0 Å². The maximum Gasteiger partial charge on any atom is 0.201 e. The standard InChI is InChI=1S/C17H19N3/c1-11-7-9-14(10-8-11)13(3)20-15-6-4-5-12(2)16(15)19-17(20)18/h4-10,13H,1-3H3,(H2,18,19). The monoisotopic (exact) mass is 265 g/mol. The number of aryl methyl sites for hydroxylation is 2. The fourth-order valence-corrected chi connectivity index (χ4v) is 2.68. The number of nitrogens with two attached hydrogens (primary N) is 1. The van der Waals surface area contributed by atoms with Crippen molar-refractivity contribution in [3.05, 3.63) is 59.2 Å². The van der Waals surface area contributed by atoms with Crippen LogP contribution in [0.4, 0.5) is 5.95 Å². The van der Waals surface area contributed by atoms with Gasteiger partial charge in [-0.1, -0.05) is 42.0 Å². The van der Waals surface area contributed by atoms with Crippen LogP contribution in [0.5, 0.6) is 0 Å². The number of para-hydroxylation sites is 1. The molecule has 0 saturated heterocycles. The number of anilines is 1. The Morgan fingerprint density at radius 3 is 2.45 bits per heavy atom. The minimum atomic E-state index is 0.169. The Labute approximate surface area is 119 Å². The lowest BCUT2D eigenvalue weighted by molar-refractivity contribution is 0.667. The summed E-state index contributed by atoms with van der Waals surface area (Å²) < 4.78 is 2.10. The average molecular weight is 265 g/mol. The third-order valence-corrected chi connectivity index (χ3v) is 3.90. The molecule has 0 aliphatic carbocycles. The number of fused-ring (bicyclic) bond motifs is 1. The zero-order chi connectivity index (χ0) is 14.3. The molecule has 3 rings (SSSR count). The van der Waals surface area contributed by atoms with E-state index in [4.69, 9.17) is 5.73 Å². The molecular formula is C17H19N3. The number of aromatic nitrogens is 2. The third kappa shape index (κ3) is 1.95. The molecule has 3 nitrogen and oxygen atoms in total. The molecule has 0 aliphatic rings. The first-order chi connectivity index (χ1) is 9.58. The molecule has 20 heavy (non-hydrogen) atoms. The van der Waals surface area contributed by atoms with E-state index >= 15 is 0 Å². The Bertz CT molecular complexity index is 754. The maximum absolute atomic E-state index is 6.14. The molecule has 0 fully saturated rings. The second-order valence-corrected chi connectivity index (χ2v) is 5.37. The highest BCUT2D eigenvalue weighted by atomic mass is 15.2.